The van der Waals surface area contributed by atoms with Gasteiger partial charge < -0.3 is 15.2 Å². The van der Waals surface area contributed by atoms with E-state index in [0.717, 1.165) is 97.6 Å². The van der Waals surface area contributed by atoms with Crippen LogP contribution < -0.4 is 5.73 Å². The number of nitrogens with zero attached hydrogens (tertiary/aromatic N) is 3. The highest BCUT2D eigenvalue weighted by molar-refractivity contribution is 7.96. The second-order valence-electron chi connectivity index (χ2n) is 6.83. The minimum atomic E-state index is 0.753. The van der Waals surface area contributed by atoms with Gasteiger partial charge in [-0.05, 0) is 19.4 Å². The summed E-state index contributed by atoms with van der Waals surface area (Å²) in [6.45, 7) is 12.0. The van der Waals surface area contributed by atoms with Gasteiger partial charge in [-0.1, -0.05) is 24.8 Å². The zero-order chi connectivity index (χ0) is 18.3. The molecule has 0 saturated carbocycles. The van der Waals surface area contributed by atoms with E-state index in [0.29, 0.717) is 0 Å². The van der Waals surface area contributed by atoms with Crippen LogP contribution in [0.4, 0.5) is 0 Å². The van der Waals surface area contributed by atoms with E-state index in [9.17, 15) is 0 Å². The van der Waals surface area contributed by atoms with Gasteiger partial charge in [0.1, 0.15) is 0 Å². The molecule has 0 spiro atoms. The molecule has 2 fully saturated rings. The molecule has 26 heavy (non-hydrogen) atoms. The maximum atomic E-state index is 6.10. The van der Waals surface area contributed by atoms with Crippen molar-refractivity contribution >= 4 is 11.9 Å². The van der Waals surface area contributed by atoms with Crippen LogP contribution in [0.5, 0.6) is 0 Å². The molecule has 2 heterocycles. The second-order valence-corrected chi connectivity index (χ2v) is 7.91. The van der Waals surface area contributed by atoms with Crippen molar-refractivity contribution in [3.8, 4) is 0 Å². The largest absolute Gasteiger partial charge is 0.379 e. The van der Waals surface area contributed by atoms with Crippen molar-refractivity contribution in [3.63, 3.8) is 0 Å². The topological polar surface area (TPSA) is 63.4 Å². The van der Waals surface area contributed by atoms with Crippen LogP contribution in [0.3, 0.4) is 0 Å². The first-order valence-corrected chi connectivity index (χ1v) is 11.2. The third-order valence-corrected chi connectivity index (χ3v) is 5.83. The zero-order valence-corrected chi connectivity index (χ0v) is 17.1. The molecule has 2 N–H and O–H groups in total. The van der Waals surface area contributed by atoms with E-state index in [2.05, 4.69) is 14.3 Å². The molecule has 0 radical (unpaired) electrons. The molecule has 0 aromatic heterocycles. The average Bonchev–Trinajstić information content (AvgIpc) is 2.70. The molecule has 0 bridgehead atoms. The lowest BCUT2D eigenvalue weighted by atomic mass is 10.2. The first kappa shape index (κ1) is 22.4. The number of hydrogen-bond donors (Lipinski definition) is 1. The summed E-state index contributed by atoms with van der Waals surface area (Å²) in [5.41, 5.74) is 5.56. The Kier molecular flexibility index (Phi) is 12.9. The van der Waals surface area contributed by atoms with Gasteiger partial charge in [0.25, 0.3) is 0 Å². The molecule has 0 aromatic carbocycles. The Balaban J connectivity index is 1.61. The van der Waals surface area contributed by atoms with Gasteiger partial charge in [-0.2, -0.15) is 0 Å². The molecule has 0 unspecified atom stereocenters. The fourth-order valence-electron chi connectivity index (χ4n) is 3.08. The summed E-state index contributed by atoms with van der Waals surface area (Å²) in [5, 5.41) is 0. The van der Waals surface area contributed by atoms with E-state index in [1.807, 2.05) is 11.9 Å². The summed E-state index contributed by atoms with van der Waals surface area (Å²) >= 11 is 1.83. The second kappa shape index (κ2) is 15.0. The van der Waals surface area contributed by atoms with Crippen molar-refractivity contribution in [2.24, 2.45) is 5.73 Å². The number of rotatable bonds is 14. The van der Waals surface area contributed by atoms with Crippen molar-refractivity contribution in [2.75, 3.05) is 91.1 Å². The Morgan fingerprint density at radius 1 is 0.846 bits per heavy atom. The van der Waals surface area contributed by atoms with E-state index in [1.54, 1.807) is 0 Å². The summed E-state index contributed by atoms with van der Waals surface area (Å²) in [4.78, 5) is 11.0. The molecule has 154 valence electrons. The molecule has 2 aliphatic rings. The van der Waals surface area contributed by atoms with Gasteiger partial charge in [0, 0.05) is 51.6 Å². The van der Waals surface area contributed by atoms with Crippen molar-refractivity contribution < 1.29 is 14.3 Å². The Morgan fingerprint density at radius 2 is 1.46 bits per heavy atom. The summed E-state index contributed by atoms with van der Waals surface area (Å²) in [6.07, 6.45) is 4.87. The fourth-order valence-corrected chi connectivity index (χ4v) is 3.97. The van der Waals surface area contributed by atoms with E-state index in [1.165, 1.54) is 19.3 Å². The number of hydroxylamine groups is 1. The quantitative estimate of drug-likeness (QED) is 0.268. The summed E-state index contributed by atoms with van der Waals surface area (Å²) in [7, 11) is 0. The highest BCUT2D eigenvalue weighted by Crippen LogP contribution is 2.15. The molecule has 7 nitrogen and oxygen atoms in total. The normalized spacial score (nSPS) is 20.1. The van der Waals surface area contributed by atoms with Crippen LogP contribution in [0.1, 0.15) is 25.7 Å². The molecule has 0 aromatic rings. The van der Waals surface area contributed by atoms with E-state index in [-0.39, 0.29) is 0 Å². The number of unbranched alkanes of at least 4 members (excludes halogenated alkanes) is 3. The summed E-state index contributed by atoms with van der Waals surface area (Å²) < 4.78 is 12.9. The average molecular weight is 391 g/mol. The van der Waals surface area contributed by atoms with Gasteiger partial charge in [-0.25, -0.2) is 0 Å². The Hall–Kier alpha value is 0.0700. The lowest BCUT2D eigenvalue weighted by Crippen LogP contribution is -2.41. The predicted octanol–water partition coefficient (Wildman–Crippen LogP) is 1.05. The molecule has 2 aliphatic heterocycles. The molecule has 0 amide bonds. The molecule has 8 heteroatoms. The Labute approximate surface area is 163 Å². The molecule has 2 rings (SSSR count). The standard InChI is InChI=1S/C18H38N4O3S/c19-5-3-1-2-4-18-26-22(7-6-20-8-13-23-14-9-20)25-17-12-21-10-15-24-16-11-21/h1-19H2. The molecular weight excluding hydrogens is 352 g/mol. The van der Waals surface area contributed by atoms with Crippen molar-refractivity contribution in [2.45, 2.75) is 25.7 Å². The maximum absolute atomic E-state index is 6.10. The minimum absolute atomic E-state index is 0.753. The first-order chi connectivity index (χ1) is 12.9. The lowest BCUT2D eigenvalue weighted by molar-refractivity contribution is -0.0917. The van der Waals surface area contributed by atoms with E-state index in [4.69, 9.17) is 20.0 Å². The van der Waals surface area contributed by atoms with Crippen LogP contribution in [0.15, 0.2) is 0 Å². The smallest absolute Gasteiger partial charge is 0.0823 e. The summed E-state index contributed by atoms with van der Waals surface area (Å²) in [6, 6.07) is 0. The number of ether oxygens (including phenoxy) is 2. The van der Waals surface area contributed by atoms with E-state index >= 15 is 0 Å². The van der Waals surface area contributed by atoms with Crippen molar-refractivity contribution in [1.29, 1.82) is 0 Å². The Morgan fingerprint density at radius 3 is 2.12 bits per heavy atom. The molecule has 0 aliphatic carbocycles. The van der Waals surface area contributed by atoms with Crippen LogP contribution in [0.2, 0.25) is 0 Å². The number of morpholine rings is 2. The third kappa shape index (κ3) is 10.4. The van der Waals surface area contributed by atoms with Gasteiger partial charge in [0.15, 0.2) is 0 Å². The summed E-state index contributed by atoms with van der Waals surface area (Å²) in [5.74, 6) is 1.12. The SMILES string of the molecule is NCCCCCCSN(CCN1CCOCC1)OCCN1CCOCC1. The van der Waals surface area contributed by atoms with Crippen LogP contribution in [0, 0.1) is 0 Å². The van der Waals surface area contributed by atoms with Gasteiger partial charge in [0.05, 0.1) is 33.0 Å². The number of nitrogens with two attached hydrogens (primary N) is 1. The fraction of sp³-hybridized carbons (Fsp3) is 1.00. The highest BCUT2D eigenvalue weighted by atomic mass is 32.2. The molecule has 2 saturated heterocycles. The van der Waals surface area contributed by atoms with E-state index < -0.39 is 0 Å². The van der Waals surface area contributed by atoms with Crippen LogP contribution >= 0.6 is 11.9 Å². The van der Waals surface area contributed by atoms with Gasteiger partial charge >= 0.3 is 0 Å². The first-order valence-electron chi connectivity index (χ1n) is 10.2. The lowest BCUT2D eigenvalue weighted by Gasteiger charge is -2.30. The van der Waals surface area contributed by atoms with Gasteiger partial charge in [-0.15, -0.1) is 4.47 Å². The number of hydrogen-bond acceptors (Lipinski definition) is 8. The molecular formula is C18H38N4O3S. The van der Waals surface area contributed by atoms with Crippen molar-refractivity contribution in [3.05, 3.63) is 0 Å². The van der Waals surface area contributed by atoms with Crippen LogP contribution in [-0.4, -0.2) is 105 Å². The highest BCUT2D eigenvalue weighted by Gasteiger charge is 2.15. The van der Waals surface area contributed by atoms with Crippen molar-refractivity contribution in [1.82, 2.24) is 14.3 Å². The maximum Gasteiger partial charge on any atom is 0.0823 e. The van der Waals surface area contributed by atoms with Gasteiger partial charge in [0.2, 0.25) is 0 Å². The zero-order valence-electron chi connectivity index (χ0n) is 16.3. The van der Waals surface area contributed by atoms with Crippen LogP contribution in [-0.2, 0) is 14.3 Å². The monoisotopic (exact) mass is 390 g/mol. The third-order valence-electron chi connectivity index (χ3n) is 4.78. The molecule has 0 atom stereocenters. The van der Waals surface area contributed by atoms with Crippen LogP contribution in [0.25, 0.3) is 0 Å². The minimum Gasteiger partial charge on any atom is -0.379 e. The van der Waals surface area contributed by atoms with Gasteiger partial charge in [-0.3, -0.25) is 14.6 Å². The predicted molar refractivity (Wildman–Crippen MR) is 107 cm³/mol. The Bertz CT molecular complexity index is 330.